The van der Waals surface area contributed by atoms with E-state index in [1.807, 2.05) is 11.4 Å². The monoisotopic (exact) mass is 171 g/mol. The van der Waals surface area contributed by atoms with Gasteiger partial charge in [0.1, 0.15) is 9.84 Å². The first-order chi connectivity index (χ1) is 4.90. The molecule has 2 aromatic heterocycles. The van der Waals surface area contributed by atoms with Crippen LogP contribution in [0.5, 0.6) is 0 Å². The fraction of sp³-hybridized carbons (Fsp3) is 0.167. The molecule has 0 aromatic carbocycles. The van der Waals surface area contributed by atoms with Gasteiger partial charge in [0.15, 0.2) is 0 Å². The van der Waals surface area contributed by atoms with E-state index in [-0.39, 0.29) is 6.61 Å². The third-order valence-electron chi connectivity index (χ3n) is 1.20. The molecule has 0 aliphatic heterocycles. The van der Waals surface area contributed by atoms with Crippen LogP contribution in [0.15, 0.2) is 11.4 Å². The zero-order valence-corrected chi connectivity index (χ0v) is 6.71. The van der Waals surface area contributed by atoms with Crippen LogP contribution < -0.4 is 0 Å². The van der Waals surface area contributed by atoms with Crippen molar-refractivity contribution in [1.29, 1.82) is 0 Å². The lowest BCUT2D eigenvalue weighted by Crippen LogP contribution is -1.76. The standard InChI is InChI=1S/C6H5NOS2/c8-3-5-7-6-4(10-5)1-2-9-6/h1-2,8H,3H2. The molecule has 2 rings (SSSR count). The third-order valence-corrected chi connectivity index (χ3v) is 3.14. The summed E-state index contributed by atoms with van der Waals surface area (Å²) < 4.78 is 1.18. The number of hydrogen-bond donors (Lipinski definition) is 1. The Morgan fingerprint density at radius 3 is 3.20 bits per heavy atom. The Kier molecular flexibility index (Phi) is 1.44. The van der Waals surface area contributed by atoms with Crippen LogP contribution in [0.2, 0.25) is 0 Å². The third kappa shape index (κ3) is 0.847. The summed E-state index contributed by atoms with van der Waals surface area (Å²) in [4.78, 5) is 5.21. The summed E-state index contributed by atoms with van der Waals surface area (Å²) in [6.07, 6.45) is 0. The van der Waals surface area contributed by atoms with Crippen molar-refractivity contribution in [2.24, 2.45) is 0 Å². The molecule has 1 N–H and O–H groups in total. The van der Waals surface area contributed by atoms with Gasteiger partial charge in [-0.05, 0) is 11.4 Å². The first-order valence-electron chi connectivity index (χ1n) is 2.84. The van der Waals surface area contributed by atoms with Crippen LogP contribution in [0.3, 0.4) is 0 Å². The van der Waals surface area contributed by atoms with E-state index in [4.69, 9.17) is 5.11 Å². The summed E-state index contributed by atoms with van der Waals surface area (Å²) in [5.74, 6) is 0. The highest BCUT2D eigenvalue weighted by Gasteiger charge is 2.01. The van der Waals surface area contributed by atoms with Gasteiger partial charge < -0.3 is 5.11 Å². The van der Waals surface area contributed by atoms with Crippen LogP contribution in [-0.2, 0) is 6.61 Å². The minimum atomic E-state index is 0.0616. The van der Waals surface area contributed by atoms with Crippen molar-refractivity contribution in [2.45, 2.75) is 6.61 Å². The molecule has 0 aliphatic rings. The van der Waals surface area contributed by atoms with Crippen molar-refractivity contribution < 1.29 is 5.11 Å². The van der Waals surface area contributed by atoms with Gasteiger partial charge in [-0.2, -0.15) is 0 Å². The van der Waals surface area contributed by atoms with Crippen LogP contribution in [0.4, 0.5) is 0 Å². The minimum Gasteiger partial charge on any atom is -0.389 e. The van der Waals surface area contributed by atoms with E-state index in [2.05, 4.69) is 4.98 Å². The predicted octanol–water partition coefficient (Wildman–Crippen LogP) is 1.85. The fourth-order valence-electron chi connectivity index (χ4n) is 0.779. The second kappa shape index (κ2) is 2.30. The molecule has 0 unspecified atom stereocenters. The SMILES string of the molecule is OCc1nc2sccc2s1. The summed E-state index contributed by atoms with van der Waals surface area (Å²) in [5, 5.41) is 11.5. The lowest BCUT2D eigenvalue weighted by atomic mass is 10.6. The van der Waals surface area contributed by atoms with Crippen LogP contribution >= 0.6 is 22.7 Å². The summed E-state index contributed by atoms with van der Waals surface area (Å²) in [6.45, 7) is 0.0616. The Morgan fingerprint density at radius 1 is 1.60 bits per heavy atom. The van der Waals surface area contributed by atoms with E-state index >= 15 is 0 Å². The molecule has 2 nitrogen and oxygen atoms in total. The number of aliphatic hydroxyl groups excluding tert-OH is 1. The molecule has 0 fully saturated rings. The number of thiophene rings is 1. The number of aromatic nitrogens is 1. The molecule has 0 amide bonds. The van der Waals surface area contributed by atoms with Gasteiger partial charge in [-0.25, -0.2) is 4.98 Å². The van der Waals surface area contributed by atoms with Crippen LogP contribution in [0.1, 0.15) is 5.01 Å². The number of nitrogens with zero attached hydrogens (tertiary/aromatic N) is 1. The van der Waals surface area contributed by atoms with Crippen molar-refractivity contribution in [2.75, 3.05) is 0 Å². The second-order valence-corrected chi connectivity index (χ2v) is 3.87. The predicted molar refractivity (Wildman–Crippen MR) is 43.4 cm³/mol. The van der Waals surface area contributed by atoms with E-state index in [0.717, 1.165) is 9.84 Å². The quantitative estimate of drug-likeness (QED) is 0.710. The highest BCUT2D eigenvalue weighted by Crippen LogP contribution is 2.26. The van der Waals surface area contributed by atoms with E-state index in [1.54, 1.807) is 22.7 Å². The maximum absolute atomic E-state index is 8.71. The first kappa shape index (κ1) is 6.27. The Morgan fingerprint density at radius 2 is 2.50 bits per heavy atom. The van der Waals surface area contributed by atoms with Crippen molar-refractivity contribution >= 4 is 32.2 Å². The van der Waals surface area contributed by atoms with Gasteiger partial charge in [-0.3, -0.25) is 0 Å². The van der Waals surface area contributed by atoms with Gasteiger partial charge in [-0.1, -0.05) is 0 Å². The van der Waals surface area contributed by atoms with Crippen molar-refractivity contribution in [3.05, 3.63) is 16.5 Å². The lowest BCUT2D eigenvalue weighted by molar-refractivity contribution is 0.281. The zero-order valence-electron chi connectivity index (χ0n) is 5.07. The molecule has 0 radical (unpaired) electrons. The molecule has 0 spiro atoms. The maximum Gasteiger partial charge on any atom is 0.134 e. The van der Waals surface area contributed by atoms with Gasteiger partial charge in [-0.15, -0.1) is 22.7 Å². The van der Waals surface area contributed by atoms with E-state index in [1.165, 1.54) is 4.70 Å². The Hall–Kier alpha value is -0.450. The van der Waals surface area contributed by atoms with Gasteiger partial charge in [0.25, 0.3) is 0 Å². The van der Waals surface area contributed by atoms with Crippen molar-refractivity contribution in [3.8, 4) is 0 Å². The number of hydrogen-bond acceptors (Lipinski definition) is 4. The average molecular weight is 171 g/mol. The molecular formula is C6H5NOS2. The van der Waals surface area contributed by atoms with E-state index < -0.39 is 0 Å². The molecule has 0 aliphatic carbocycles. The summed E-state index contributed by atoms with van der Waals surface area (Å²) in [7, 11) is 0. The zero-order chi connectivity index (χ0) is 6.97. The fourth-order valence-corrected chi connectivity index (χ4v) is 2.60. The molecule has 0 bridgehead atoms. The maximum atomic E-state index is 8.71. The van der Waals surface area contributed by atoms with Crippen molar-refractivity contribution in [3.63, 3.8) is 0 Å². The van der Waals surface area contributed by atoms with Crippen LogP contribution in [-0.4, -0.2) is 10.1 Å². The molecule has 2 aromatic rings. The van der Waals surface area contributed by atoms with Gasteiger partial charge in [0.2, 0.25) is 0 Å². The average Bonchev–Trinajstić information content (AvgIpc) is 2.42. The molecular weight excluding hydrogens is 166 g/mol. The van der Waals surface area contributed by atoms with Gasteiger partial charge in [0.05, 0.1) is 11.3 Å². The Labute approximate surface area is 65.8 Å². The molecule has 52 valence electrons. The normalized spacial score (nSPS) is 10.9. The summed E-state index contributed by atoms with van der Waals surface area (Å²) in [6, 6.07) is 2.02. The van der Waals surface area contributed by atoms with Crippen LogP contribution in [0, 0.1) is 0 Å². The topological polar surface area (TPSA) is 33.1 Å². The molecule has 0 saturated heterocycles. The first-order valence-corrected chi connectivity index (χ1v) is 4.53. The minimum absolute atomic E-state index is 0.0616. The Balaban J connectivity index is 2.67. The lowest BCUT2D eigenvalue weighted by Gasteiger charge is -1.78. The Bertz CT molecular complexity index is 309. The van der Waals surface area contributed by atoms with Gasteiger partial charge in [0, 0.05) is 0 Å². The number of thiazole rings is 1. The smallest absolute Gasteiger partial charge is 0.134 e. The molecule has 0 saturated carbocycles. The van der Waals surface area contributed by atoms with Crippen LogP contribution in [0.25, 0.3) is 9.53 Å². The summed E-state index contributed by atoms with van der Waals surface area (Å²) >= 11 is 3.16. The largest absolute Gasteiger partial charge is 0.389 e. The van der Waals surface area contributed by atoms with E-state index in [9.17, 15) is 0 Å². The second-order valence-electron chi connectivity index (χ2n) is 1.86. The highest BCUT2D eigenvalue weighted by atomic mass is 32.1. The highest BCUT2D eigenvalue weighted by molar-refractivity contribution is 7.26. The number of aliphatic hydroxyl groups is 1. The molecule has 0 atom stereocenters. The van der Waals surface area contributed by atoms with E-state index in [0.29, 0.717) is 0 Å². The summed E-state index contributed by atoms with van der Waals surface area (Å²) in [5.41, 5.74) is 0. The molecule has 2 heterocycles. The number of fused-ring (bicyclic) bond motifs is 1. The molecule has 10 heavy (non-hydrogen) atoms. The van der Waals surface area contributed by atoms with Crippen molar-refractivity contribution in [1.82, 2.24) is 4.98 Å². The number of rotatable bonds is 1. The van der Waals surface area contributed by atoms with Gasteiger partial charge >= 0.3 is 0 Å². The molecule has 4 heteroatoms.